The summed E-state index contributed by atoms with van der Waals surface area (Å²) in [5.74, 6) is 1.17. The van der Waals surface area contributed by atoms with Crippen molar-refractivity contribution in [3.8, 4) is 0 Å². The van der Waals surface area contributed by atoms with Gasteiger partial charge in [-0.1, -0.05) is 27.7 Å². The molecule has 1 aromatic carbocycles. The topological polar surface area (TPSA) is 24.4 Å². The quantitative estimate of drug-likeness (QED) is 0.848. The van der Waals surface area contributed by atoms with E-state index in [0.717, 1.165) is 16.2 Å². The summed E-state index contributed by atoms with van der Waals surface area (Å²) in [7, 11) is 0. The van der Waals surface area contributed by atoms with Crippen molar-refractivity contribution in [1.29, 1.82) is 0 Å². The van der Waals surface area contributed by atoms with Crippen LogP contribution in [0.15, 0.2) is 21.6 Å². The van der Waals surface area contributed by atoms with E-state index in [4.69, 9.17) is 0 Å². The van der Waals surface area contributed by atoms with Crippen LogP contribution in [0.4, 0.5) is 5.69 Å². The summed E-state index contributed by atoms with van der Waals surface area (Å²) < 4.78 is 1.13. The summed E-state index contributed by atoms with van der Waals surface area (Å²) >= 11 is 5.32. The number of amidine groups is 1. The minimum absolute atomic E-state index is 0.948. The lowest BCUT2D eigenvalue weighted by atomic mass is 10.1. The van der Waals surface area contributed by atoms with Crippen LogP contribution in [-0.4, -0.2) is 17.5 Å². The van der Waals surface area contributed by atoms with Gasteiger partial charge < -0.3 is 5.32 Å². The molecule has 0 bridgehead atoms. The van der Waals surface area contributed by atoms with Crippen LogP contribution in [0.1, 0.15) is 17.5 Å². The van der Waals surface area contributed by atoms with Crippen molar-refractivity contribution in [2.75, 3.05) is 17.6 Å². The predicted molar refractivity (Wildman–Crippen MR) is 76.6 cm³/mol. The lowest BCUT2D eigenvalue weighted by Crippen LogP contribution is -2.14. The Morgan fingerprint density at radius 2 is 2.00 bits per heavy atom. The number of aliphatic imine (C=N–C) groups is 1. The number of nitrogens with one attached hydrogen (secondary N) is 1. The van der Waals surface area contributed by atoms with E-state index in [1.165, 1.54) is 29.0 Å². The summed E-state index contributed by atoms with van der Waals surface area (Å²) in [6, 6.07) is 4.26. The van der Waals surface area contributed by atoms with Crippen LogP contribution in [0.5, 0.6) is 0 Å². The van der Waals surface area contributed by atoms with Gasteiger partial charge in [0.05, 0.1) is 0 Å². The maximum atomic E-state index is 4.49. The first-order valence-electron chi connectivity index (χ1n) is 5.38. The first-order chi connectivity index (χ1) is 7.66. The lowest BCUT2D eigenvalue weighted by molar-refractivity contribution is 0.938. The zero-order chi connectivity index (χ0) is 11.5. The van der Waals surface area contributed by atoms with Crippen molar-refractivity contribution in [2.45, 2.75) is 20.3 Å². The summed E-state index contributed by atoms with van der Waals surface area (Å²) in [6.07, 6.45) is 1.19. The molecule has 0 saturated carbocycles. The zero-order valence-corrected chi connectivity index (χ0v) is 11.9. The Kier molecular flexibility index (Phi) is 3.92. The van der Waals surface area contributed by atoms with Gasteiger partial charge in [0.25, 0.3) is 0 Å². The van der Waals surface area contributed by atoms with Crippen molar-refractivity contribution in [2.24, 2.45) is 4.99 Å². The number of thioether (sulfide) groups is 1. The SMILES string of the molecule is Cc1cc(Br)cc(C)c1NC1=NCCCS1. The van der Waals surface area contributed by atoms with Crippen molar-refractivity contribution in [3.05, 3.63) is 27.7 Å². The first kappa shape index (κ1) is 12.0. The largest absolute Gasteiger partial charge is 0.335 e. The normalized spacial score (nSPS) is 15.8. The van der Waals surface area contributed by atoms with E-state index in [2.05, 4.69) is 52.2 Å². The van der Waals surface area contributed by atoms with E-state index in [1.54, 1.807) is 11.8 Å². The monoisotopic (exact) mass is 298 g/mol. The molecule has 1 aromatic rings. The second kappa shape index (κ2) is 5.23. The van der Waals surface area contributed by atoms with Gasteiger partial charge in [-0.25, -0.2) is 0 Å². The summed E-state index contributed by atoms with van der Waals surface area (Å²) in [4.78, 5) is 4.49. The fourth-order valence-electron chi connectivity index (χ4n) is 1.75. The fraction of sp³-hybridized carbons (Fsp3) is 0.417. The van der Waals surface area contributed by atoms with E-state index in [0.29, 0.717) is 0 Å². The van der Waals surface area contributed by atoms with Gasteiger partial charge in [0.2, 0.25) is 0 Å². The van der Waals surface area contributed by atoms with E-state index in [1.807, 2.05) is 0 Å². The summed E-state index contributed by atoms with van der Waals surface area (Å²) in [5.41, 5.74) is 3.69. The van der Waals surface area contributed by atoms with Crippen molar-refractivity contribution < 1.29 is 0 Å². The van der Waals surface area contributed by atoms with Gasteiger partial charge in [0.1, 0.15) is 0 Å². The number of halogens is 1. The molecule has 0 atom stereocenters. The molecule has 0 fully saturated rings. The van der Waals surface area contributed by atoms with Gasteiger partial charge in [0, 0.05) is 22.5 Å². The third-order valence-corrected chi connectivity index (χ3v) is 3.98. The molecule has 0 aliphatic carbocycles. The number of nitrogens with zero attached hydrogens (tertiary/aromatic N) is 1. The van der Waals surface area contributed by atoms with Crippen LogP contribution in [0.3, 0.4) is 0 Å². The van der Waals surface area contributed by atoms with Gasteiger partial charge >= 0.3 is 0 Å². The van der Waals surface area contributed by atoms with Crippen LogP contribution in [-0.2, 0) is 0 Å². The van der Waals surface area contributed by atoms with Crippen LogP contribution in [0.2, 0.25) is 0 Å². The van der Waals surface area contributed by atoms with Crippen LogP contribution in [0.25, 0.3) is 0 Å². The fourth-order valence-corrected chi connectivity index (χ4v) is 3.26. The molecule has 1 aliphatic heterocycles. The second-order valence-electron chi connectivity index (χ2n) is 3.93. The third-order valence-electron chi connectivity index (χ3n) is 2.53. The highest BCUT2D eigenvalue weighted by molar-refractivity contribution is 9.10. The van der Waals surface area contributed by atoms with E-state index < -0.39 is 0 Å². The average molecular weight is 299 g/mol. The molecular formula is C12H15BrN2S. The Labute approximate surface area is 109 Å². The van der Waals surface area contributed by atoms with Gasteiger partial charge in [-0.2, -0.15) is 0 Å². The smallest absolute Gasteiger partial charge is 0.161 e. The molecule has 1 N–H and O–H groups in total. The van der Waals surface area contributed by atoms with E-state index >= 15 is 0 Å². The summed E-state index contributed by atoms with van der Waals surface area (Å²) in [6.45, 7) is 5.19. The molecule has 0 radical (unpaired) electrons. The number of aryl methyl sites for hydroxylation is 2. The van der Waals surface area contributed by atoms with Crippen LogP contribution in [0, 0.1) is 13.8 Å². The molecule has 4 heteroatoms. The molecule has 2 nitrogen and oxygen atoms in total. The molecule has 0 aromatic heterocycles. The second-order valence-corrected chi connectivity index (χ2v) is 5.93. The average Bonchev–Trinajstić information content (AvgIpc) is 2.25. The molecule has 86 valence electrons. The maximum absolute atomic E-state index is 4.49. The van der Waals surface area contributed by atoms with Crippen LogP contribution >= 0.6 is 27.7 Å². The Balaban J connectivity index is 2.24. The molecule has 0 saturated heterocycles. The highest BCUT2D eigenvalue weighted by atomic mass is 79.9. The molecule has 16 heavy (non-hydrogen) atoms. The first-order valence-corrected chi connectivity index (χ1v) is 7.15. The minimum Gasteiger partial charge on any atom is -0.335 e. The molecular weight excluding hydrogens is 284 g/mol. The third kappa shape index (κ3) is 2.80. The zero-order valence-electron chi connectivity index (χ0n) is 9.51. The molecule has 0 unspecified atom stereocenters. The number of anilines is 1. The lowest BCUT2D eigenvalue weighted by Gasteiger charge is -2.17. The molecule has 1 heterocycles. The highest BCUT2D eigenvalue weighted by Crippen LogP contribution is 2.26. The van der Waals surface area contributed by atoms with Gasteiger partial charge in [-0.05, 0) is 43.5 Å². The van der Waals surface area contributed by atoms with Gasteiger partial charge in [-0.15, -0.1) is 0 Å². The molecule has 0 amide bonds. The summed E-state index contributed by atoms with van der Waals surface area (Å²) in [5, 5.41) is 4.49. The number of hydrogen-bond acceptors (Lipinski definition) is 3. The van der Waals surface area contributed by atoms with Gasteiger partial charge in [0.15, 0.2) is 5.17 Å². The maximum Gasteiger partial charge on any atom is 0.161 e. The van der Waals surface area contributed by atoms with Crippen molar-refractivity contribution in [3.63, 3.8) is 0 Å². The van der Waals surface area contributed by atoms with E-state index in [-0.39, 0.29) is 0 Å². The molecule has 1 aliphatic rings. The molecule has 0 spiro atoms. The predicted octanol–water partition coefficient (Wildman–Crippen LogP) is 3.97. The van der Waals surface area contributed by atoms with Crippen molar-refractivity contribution in [1.82, 2.24) is 0 Å². The minimum atomic E-state index is 0.948. The van der Waals surface area contributed by atoms with Gasteiger partial charge in [-0.3, -0.25) is 4.99 Å². The standard InChI is InChI=1S/C12H15BrN2S/c1-8-6-10(13)7-9(2)11(8)15-12-14-4-3-5-16-12/h6-7H,3-5H2,1-2H3,(H,14,15). The number of rotatable bonds is 1. The Hall–Kier alpha value is -0.480. The Morgan fingerprint density at radius 3 is 2.56 bits per heavy atom. The van der Waals surface area contributed by atoms with E-state index in [9.17, 15) is 0 Å². The van der Waals surface area contributed by atoms with Crippen LogP contribution < -0.4 is 5.32 Å². The highest BCUT2D eigenvalue weighted by Gasteiger charge is 2.09. The Morgan fingerprint density at radius 1 is 1.31 bits per heavy atom. The number of benzene rings is 1. The Bertz CT molecular complexity index is 406. The van der Waals surface area contributed by atoms with Crippen molar-refractivity contribution >= 4 is 38.5 Å². The molecule has 2 rings (SSSR count). The number of hydrogen-bond donors (Lipinski definition) is 1.